The Morgan fingerprint density at radius 2 is 1.75 bits per heavy atom. The molecule has 0 radical (unpaired) electrons. The van der Waals surface area contributed by atoms with E-state index in [-0.39, 0.29) is 5.56 Å². The molecule has 0 fully saturated rings. The number of carboxylic acid groups (broad SMARTS) is 1. The standard InChI is InChI=1S/C17H13NO2/c1-11-6-7-14(13-5-3-2-4-12(11)13)16-10-18-9-8-15(16)17(19)20/h2-10H,1H3,(H,19,20). The molecule has 2 aromatic carbocycles. The Morgan fingerprint density at radius 3 is 2.50 bits per heavy atom. The second kappa shape index (κ2) is 4.78. The summed E-state index contributed by atoms with van der Waals surface area (Å²) in [5.74, 6) is -0.938. The zero-order chi connectivity index (χ0) is 14.1. The first kappa shape index (κ1) is 12.4. The van der Waals surface area contributed by atoms with Crippen LogP contribution in [0.5, 0.6) is 0 Å². The van der Waals surface area contributed by atoms with Crippen LogP contribution >= 0.6 is 0 Å². The van der Waals surface area contributed by atoms with E-state index in [1.54, 1.807) is 6.20 Å². The summed E-state index contributed by atoms with van der Waals surface area (Å²) in [6.07, 6.45) is 3.11. The Morgan fingerprint density at radius 1 is 1.00 bits per heavy atom. The molecule has 0 aliphatic heterocycles. The van der Waals surface area contributed by atoms with Gasteiger partial charge in [-0.15, -0.1) is 0 Å². The molecular formula is C17H13NO2. The number of pyridine rings is 1. The number of carbonyl (C=O) groups is 1. The van der Waals surface area contributed by atoms with Gasteiger partial charge in [-0.2, -0.15) is 0 Å². The number of aromatic nitrogens is 1. The molecule has 0 aliphatic carbocycles. The predicted molar refractivity (Wildman–Crippen MR) is 78.9 cm³/mol. The predicted octanol–water partition coefficient (Wildman–Crippen LogP) is 3.91. The summed E-state index contributed by atoms with van der Waals surface area (Å²) in [5, 5.41) is 11.5. The van der Waals surface area contributed by atoms with Gasteiger partial charge < -0.3 is 5.11 Å². The lowest BCUT2D eigenvalue weighted by molar-refractivity contribution is 0.0697. The van der Waals surface area contributed by atoms with Gasteiger partial charge in [-0.3, -0.25) is 4.98 Å². The van der Waals surface area contributed by atoms with Crippen LogP contribution in [0.25, 0.3) is 21.9 Å². The highest BCUT2D eigenvalue weighted by Gasteiger charge is 2.14. The van der Waals surface area contributed by atoms with Gasteiger partial charge in [-0.1, -0.05) is 36.4 Å². The van der Waals surface area contributed by atoms with Crippen LogP contribution in [0, 0.1) is 6.92 Å². The van der Waals surface area contributed by atoms with Crippen molar-refractivity contribution in [3.8, 4) is 11.1 Å². The first-order valence-corrected chi connectivity index (χ1v) is 6.34. The summed E-state index contributed by atoms with van der Waals surface area (Å²) in [5.41, 5.74) is 2.99. The fourth-order valence-corrected chi connectivity index (χ4v) is 2.48. The number of carboxylic acids is 1. The van der Waals surface area contributed by atoms with Gasteiger partial charge in [0.25, 0.3) is 0 Å². The van der Waals surface area contributed by atoms with Crippen molar-refractivity contribution in [1.82, 2.24) is 4.98 Å². The topological polar surface area (TPSA) is 50.2 Å². The first-order valence-electron chi connectivity index (χ1n) is 6.34. The number of benzene rings is 2. The molecule has 1 aromatic heterocycles. The van der Waals surface area contributed by atoms with E-state index >= 15 is 0 Å². The minimum atomic E-state index is -0.938. The molecule has 0 unspecified atom stereocenters. The van der Waals surface area contributed by atoms with Crippen molar-refractivity contribution in [2.75, 3.05) is 0 Å². The first-order chi connectivity index (χ1) is 9.68. The smallest absolute Gasteiger partial charge is 0.336 e. The van der Waals surface area contributed by atoms with Crippen LogP contribution in [0.15, 0.2) is 54.9 Å². The highest BCUT2D eigenvalue weighted by Crippen LogP contribution is 2.32. The third-order valence-electron chi connectivity index (χ3n) is 3.48. The minimum Gasteiger partial charge on any atom is -0.478 e. The molecule has 0 aliphatic rings. The maximum Gasteiger partial charge on any atom is 0.336 e. The molecule has 0 atom stereocenters. The van der Waals surface area contributed by atoms with Crippen LogP contribution in [0.4, 0.5) is 0 Å². The lowest BCUT2D eigenvalue weighted by atomic mass is 9.94. The molecular weight excluding hydrogens is 250 g/mol. The molecule has 3 nitrogen and oxygen atoms in total. The highest BCUT2D eigenvalue weighted by molar-refractivity contribution is 6.04. The second-order valence-corrected chi connectivity index (χ2v) is 4.70. The molecule has 0 saturated heterocycles. The molecule has 98 valence electrons. The van der Waals surface area contributed by atoms with E-state index in [0.29, 0.717) is 5.56 Å². The fraction of sp³-hybridized carbons (Fsp3) is 0.0588. The van der Waals surface area contributed by atoms with Crippen molar-refractivity contribution in [3.63, 3.8) is 0 Å². The molecule has 0 saturated carbocycles. The van der Waals surface area contributed by atoms with E-state index in [9.17, 15) is 9.90 Å². The van der Waals surface area contributed by atoms with E-state index in [4.69, 9.17) is 0 Å². The van der Waals surface area contributed by atoms with Gasteiger partial charge in [0.15, 0.2) is 0 Å². The summed E-state index contributed by atoms with van der Waals surface area (Å²) in [6, 6.07) is 13.5. The number of aryl methyl sites for hydroxylation is 1. The van der Waals surface area contributed by atoms with Crippen molar-refractivity contribution >= 4 is 16.7 Å². The van der Waals surface area contributed by atoms with Crippen molar-refractivity contribution in [1.29, 1.82) is 0 Å². The van der Waals surface area contributed by atoms with Crippen LogP contribution < -0.4 is 0 Å². The lowest BCUT2D eigenvalue weighted by Gasteiger charge is -2.11. The van der Waals surface area contributed by atoms with Gasteiger partial charge in [-0.25, -0.2) is 4.79 Å². The number of aromatic carboxylic acids is 1. The molecule has 3 rings (SSSR count). The molecule has 1 N–H and O–H groups in total. The van der Waals surface area contributed by atoms with Crippen LogP contribution in [-0.2, 0) is 0 Å². The average molecular weight is 263 g/mol. The zero-order valence-electron chi connectivity index (χ0n) is 11.0. The Hall–Kier alpha value is -2.68. The van der Waals surface area contributed by atoms with Crippen molar-refractivity contribution in [2.45, 2.75) is 6.92 Å². The SMILES string of the molecule is Cc1ccc(-c2cnccc2C(=O)O)c2ccccc12. The third-order valence-corrected chi connectivity index (χ3v) is 3.48. The number of nitrogens with zero attached hydrogens (tertiary/aromatic N) is 1. The van der Waals surface area contributed by atoms with Gasteiger partial charge >= 0.3 is 5.97 Å². The fourth-order valence-electron chi connectivity index (χ4n) is 2.48. The second-order valence-electron chi connectivity index (χ2n) is 4.70. The van der Waals surface area contributed by atoms with Crippen molar-refractivity contribution in [2.24, 2.45) is 0 Å². The zero-order valence-corrected chi connectivity index (χ0v) is 11.0. The van der Waals surface area contributed by atoms with Gasteiger partial charge in [0.05, 0.1) is 5.56 Å². The van der Waals surface area contributed by atoms with Crippen LogP contribution in [0.2, 0.25) is 0 Å². The monoisotopic (exact) mass is 263 g/mol. The van der Waals surface area contributed by atoms with Crippen LogP contribution in [0.3, 0.4) is 0 Å². The number of rotatable bonds is 2. The molecule has 1 heterocycles. The summed E-state index contributed by atoms with van der Waals surface area (Å²) < 4.78 is 0. The largest absolute Gasteiger partial charge is 0.478 e. The summed E-state index contributed by atoms with van der Waals surface area (Å²) >= 11 is 0. The van der Waals surface area contributed by atoms with Gasteiger partial charge in [0.1, 0.15) is 0 Å². The average Bonchev–Trinajstić information content (AvgIpc) is 2.48. The van der Waals surface area contributed by atoms with Gasteiger partial charge in [0.2, 0.25) is 0 Å². The Kier molecular flexibility index (Phi) is 2.95. The highest BCUT2D eigenvalue weighted by atomic mass is 16.4. The van der Waals surface area contributed by atoms with Gasteiger partial charge in [-0.05, 0) is 34.9 Å². The molecule has 20 heavy (non-hydrogen) atoms. The quantitative estimate of drug-likeness (QED) is 0.762. The minimum absolute atomic E-state index is 0.272. The summed E-state index contributed by atoms with van der Waals surface area (Å²) in [6.45, 7) is 2.05. The van der Waals surface area contributed by atoms with Crippen molar-refractivity contribution < 1.29 is 9.90 Å². The summed E-state index contributed by atoms with van der Waals surface area (Å²) in [7, 11) is 0. The normalized spacial score (nSPS) is 10.7. The van der Waals surface area contributed by atoms with Crippen LogP contribution in [0.1, 0.15) is 15.9 Å². The van der Waals surface area contributed by atoms with E-state index in [2.05, 4.69) is 4.98 Å². The molecule has 0 spiro atoms. The lowest BCUT2D eigenvalue weighted by Crippen LogP contribution is -2.00. The Bertz CT molecular complexity index is 809. The van der Waals surface area contributed by atoms with E-state index in [1.165, 1.54) is 17.8 Å². The molecule has 0 amide bonds. The Labute approximate surface area is 116 Å². The maximum absolute atomic E-state index is 11.4. The molecule has 3 heteroatoms. The third kappa shape index (κ3) is 1.93. The maximum atomic E-state index is 11.4. The number of fused-ring (bicyclic) bond motifs is 1. The Balaban J connectivity index is 2.37. The van der Waals surface area contributed by atoms with Crippen LogP contribution in [-0.4, -0.2) is 16.1 Å². The van der Waals surface area contributed by atoms with E-state index in [0.717, 1.165) is 16.3 Å². The van der Waals surface area contributed by atoms with Crippen molar-refractivity contribution in [3.05, 3.63) is 66.0 Å². The summed E-state index contributed by atoms with van der Waals surface area (Å²) in [4.78, 5) is 15.4. The number of hydrogen-bond acceptors (Lipinski definition) is 2. The number of hydrogen-bond donors (Lipinski definition) is 1. The van der Waals surface area contributed by atoms with Gasteiger partial charge in [0, 0.05) is 18.0 Å². The molecule has 0 bridgehead atoms. The molecule has 3 aromatic rings. The van der Waals surface area contributed by atoms with E-state index in [1.807, 2.05) is 43.3 Å². The van der Waals surface area contributed by atoms with E-state index < -0.39 is 5.97 Å².